The van der Waals surface area contributed by atoms with Gasteiger partial charge in [-0.2, -0.15) is 13.2 Å². The first-order valence-corrected chi connectivity index (χ1v) is 30.8. The van der Waals surface area contributed by atoms with Gasteiger partial charge in [-0.1, -0.05) is 35.4 Å². The van der Waals surface area contributed by atoms with E-state index in [1.54, 1.807) is 101 Å². The van der Waals surface area contributed by atoms with Crippen LogP contribution in [0.5, 0.6) is 0 Å². The number of thioether (sulfide) groups is 1. The average Bonchev–Trinajstić information content (AvgIpc) is 1.39. The molecule has 0 N–H and O–H groups in total. The van der Waals surface area contributed by atoms with Crippen LogP contribution in [0.3, 0.4) is 0 Å². The van der Waals surface area contributed by atoms with Crippen LogP contribution in [-0.2, 0) is 21.8 Å². The first kappa shape index (κ1) is 35.7. The molecule has 85 heavy (non-hydrogen) atoms. The second-order valence-corrected chi connectivity index (χ2v) is 29.8. The summed E-state index contributed by atoms with van der Waals surface area (Å²) in [5.74, 6) is 14.1. The molecule has 0 bridgehead atoms. The molecule has 0 radical (unpaired) electrons. The van der Waals surface area contributed by atoms with E-state index in [0.717, 1.165) is 16.7 Å². The van der Waals surface area contributed by atoms with Gasteiger partial charge >= 0.3 is 6.18 Å². The first-order chi connectivity index (χ1) is 41.7. The molecule has 366 valence electrons. The maximum Gasteiger partial charge on any atom is 0.417 e. The fourth-order valence-corrected chi connectivity index (χ4v) is 26.5. The summed E-state index contributed by atoms with van der Waals surface area (Å²) in [6.07, 6.45) is -4.69. The van der Waals surface area contributed by atoms with Crippen molar-refractivity contribution >= 4 is 308 Å². The Morgan fingerprint density at radius 3 is 0.871 bits per heavy atom. The van der Waals surface area contributed by atoms with E-state index in [-0.39, 0.29) is 10.7 Å². The minimum atomic E-state index is -4.69. The minimum Gasteiger partial charge on any atom is -0.287 e. The minimum absolute atomic E-state index is 0.0342. The van der Waals surface area contributed by atoms with Gasteiger partial charge in [0.1, 0.15) is 0 Å². The van der Waals surface area contributed by atoms with Gasteiger partial charge in [0, 0.05) is 33.9 Å². The van der Waals surface area contributed by atoms with Crippen molar-refractivity contribution in [2.24, 2.45) is 0 Å². The Morgan fingerprint density at radius 2 is 0.600 bits per heavy atom. The maximum absolute atomic E-state index is 15.8. The van der Waals surface area contributed by atoms with Gasteiger partial charge in [0.25, 0.3) is 0 Å². The Balaban J connectivity index is 0.896. The van der Waals surface area contributed by atoms with E-state index in [0.29, 0.717) is 11.1 Å². The summed E-state index contributed by atoms with van der Waals surface area (Å²) in [6.45, 7) is 4.13. The van der Waals surface area contributed by atoms with E-state index in [9.17, 15) is 4.79 Å². The molecule has 30 aromatic rings. The largest absolute Gasteiger partial charge is 0.417 e. The van der Waals surface area contributed by atoms with Gasteiger partial charge in [0.05, 0.1) is 11.0 Å². The predicted octanol–water partition coefficient (Wildman–Crippen LogP) is 21.4. The number of halogens is 3. The smallest absolute Gasteiger partial charge is 0.287 e. The first-order valence-electron chi connectivity index (χ1n) is 30.0. The van der Waals surface area contributed by atoms with Gasteiger partial charge in [-0.3, -0.25) is 4.79 Å². The van der Waals surface area contributed by atoms with E-state index < -0.39 is 22.6 Å². The fourth-order valence-electron chi connectivity index (χ4n) is 25.9. The highest BCUT2D eigenvalue weighted by molar-refractivity contribution is 8.13. The maximum atomic E-state index is 15.8. The molecule has 0 unspecified atom stereocenters. The van der Waals surface area contributed by atoms with E-state index in [1.165, 1.54) is 261 Å². The molecule has 0 aliphatic heterocycles. The number of benzene rings is 20. The average molecular weight is 1080 g/mol. The van der Waals surface area contributed by atoms with E-state index in [1.807, 2.05) is 0 Å². The van der Waals surface area contributed by atoms with E-state index in [2.05, 4.69) is 30.6 Å². The molecule has 5 heteroatoms. The molecule has 4 aliphatic rings. The highest BCUT2D eigenvalue weighted by Crippen LogP contribution is 2.84. The normalized spacial score (nSPS) is 19.8. The molecule has 4 aliphatic carbocycles. The Hall–Kier alpha value is -10.2. The zero-order valence-electron chi connectivity index (χ0n) is 43.5. The van der Waals surface area contributed by atoms with Crippen molar-refractivity contribution in [3.05, 3.63) is 87.0 Å². The summed E-state index contributed by atoms with van der Waals surface area (Å²) in [4.78, 5) is 12.6. The highest BCUT2D eigenvalue weighted by Gasteiger charge is 2.68. The quantitative estimate of drug-likeness (QED) is 0.0926. The Kier molecular flexibility index (Phi) is 3.67. The standard InChI is InChI=1S/C80H13F3OS/c1-14(84)85-18-9-5-15(6-10-18)3-7-17-8-4-16(13-19(17)80(81,82)83)11-12-79-76-70-64-54-42-34-26-22-20-21-24-28(26)36(42)46-40-32(24)33-25(21)29-27-23(20)31-30(22)38-44(34)52-58-48(38)49-39(31)45-35(27)43-37(29)47-41(33)51-50(40)62(56(46)64)72(76)73-63(51)57(47)65-55(43)61-53(45)59(49)67-66(58)74(68(70)60(52)54)78(79,2)75(67)69(61)71(65)77(73)79/h4-6,8-10,13H,1-2H3. The fraction of sp³-hybridized carbons (Fsp3) is 0.0625. The molecule has 34 rings (SSSR count). The molecule has 0 atom stereocenters. The zero-order valence-corrected chi connectivity index (χ0v) is 44.3. The number of carbonyl (C=O) groups excluding carboxylic acids is 1. The van der Waals surface area contributed by atoms with Crippen molar-refractivity contribution in [3.8, 4) is 23.7 Å². The third-order valence-corrected chi connectivity index (χ3v) is 27.7. The van der Waals surface area contributed by atoms with Crippen LogP contribution in [-0.4, -0.2) is 5.12 Å². The van der Waals surface area contributed by atoms with Gasteiger partial charge in [-0.05, 0) is 362 Å². The predicted molar refractivity (Wildman–Crippen MR) is 347 cm³/mol. The van der Waals surface area contributed by atoms with Crippen LogP contribution < -0.4 is 0 Å². The molecule has 0 spiro atoms. The van der Waals surface area contributed by atoms with Gasteiger partial charge in [0.2, 0.25) is 0 Å². The molecule has 0 aromatic heterocycles. The number of rotatable bonds is 1. The van der Waals surface area contributed by atoms with Crippen molar-refractivity contribution < 1.29 is 18.0 Å². The zero-order chi connectivity index (χ0) is 52.9. The third kappa shape index (κ3) is 2.30. The molecule has 0 saturated heterocycles. The number of hydrogen-bond acceptors (Lipinski definition) is 2. The molecular weight excluding hydrogens is 1070 g/mol. The van der Waals surface area contributed by atoms with E-state index >= 15 is 13.2 Å². The van der Waals surface area contributed by atoms with Crippen molar-refractivity contribution in [1.29, 1.82) is 0 Å². The third-order valence-electron chi connectivity index (χ3n) is 26.9. The van der Waals surface area contributed by atoms with Crippen molar-refractivity contribution in [2.75, 3.05) is 0 Å². The van der Waals surface area contributed by atoms with Crippen molar-refractivity contribution in [3.63, 3.8) is 0 Å². The molecular formula is C80H13F3OS. The van der Waals surface area contributed by atoms with Crippen LogP contribution in [0.15, 0.2) is 47.4 Å². The molecule has 30 aromatic carbocycles. The van der Waals surface area contributed by atoms with Gasteiger partial charge in [-0.15, -0.1) is 0 Å². The Morgan fingerprint density at radius 1 is 0.341 bits per heavy atom. The molecule has 0 heterocycles. The van der Waals surface area contributed by atoms with Crippen molar-refractivity contribution in [2.45, 2.75) is 35.7 Å². The van der Waals surface area contributed by atoms with Gasteiger partial charge in [0.15, 0.2) is 5.12 Å². The lowest BCUT2D eigenvalue weighted by Crippen LogP contribution is -2.49. The second-order valence-electron chi connectivity index (χ2n) is 28.5. The summed E-state index contributed by atoms with van der Waals surface area (Å²) < 4.78 is 47.4. The SMILES string of the molecule is CC(=O)Sc1ccc(C#Cc2ccc(C#CC34c5c6c7c8c9c%10c(c%11c%12c3c3c5c5c%13c6c6c7c7c9c9c%14c%10c%10c%11c%11c%12c%12c3c3c5c5c%13c%13c6c6c7c9c7c9c%14c%10c%10c%11c%11c%12c3c3c5c5c%13c6c7c6c9c%10c%11c3c56)C84C)cc2C(F)(F)F)cc1. The van der Waals surface area contributed by atoms with Crippen LogP contribution in [0.4, 0.5) is 13.2 Å². The highest BCUT2D eigenvalue weighted by atomic mass is 32.2. The summed E-state index contributed by atoms with van der Waals surface area (Å²) in [5, 5.41) is 80.9. The van der Waals surface area contributed by atoms with Crippen molar-refractivity contribution in [1.82, 2.24) is 0 Å². The summed E-state index contributed by atoms with van der Waals surface area (Å²) in [7, 11) is 0. The van der Waals surface area contributed by atoms with Crippen LogP contribution in [0.25, 0.3) is 291 Å². The summed E-state index contributed by atoms with van der Waals surface area (Å²) in [5.41, 5.74) is 4.01. The Bertz CT molecular complexity index is 8200. The topological polar surface area (TPSA) is 17.1 Å². The number of hydrogen-bond donors (Lipinski definition) is 0. The molecule has 1 nitrogen and oxygen atoms in total. The van der Waals surface area contributed by atoms with Crippen LogP contribution in [0.1, 0.15) is 58.4 Å². The summed E-state index contributed by atoms with van der Waals surface area (Å²) >= 11 is 1.12. The lowest BCUT2D eigenvalue weighted by molar-refractivity contribution is -0.137. The molecule has 0 amide bonds. The van der Waals surface area contributed by atoms with Crippen LogP contribution in [0.2, 0.25) is 0 Å². The molecule has 0 fully saturated rings. The van der Waals surface area contributed by atoms with E-state index in [4.69, 9.17) is 0 Å². The summed E-state index contributed by atoms with van der Waals surface area (Å²) in [6, 6.07) is 11.7. The monoisotopic (exact) mass is 1080 g/mol. The van der Waals surface area contributed by atoms with Crippen LogP contribution in [0, 0.1) is 23.7 Å². The number of alkyl halides is 3. The van der Waals surface area contributed by atoms with Gasteiger partial charge < -0.3 is 0 Å². The van der Waals surface area contributed by atoms with Crippen LogP contribution >= 0.6 is 11.8 Å². The Labute approximate surface area is 469 Å². The lowest BCUT2D eigenvalue weighted by atomic mass is 9.49. The molecule has 0 saturated carbocycles. The number of carbonyl (C=O) groups is 1. The second kappa shape index (κ2) is 8.73. The van der Waals surface area contributed by atoms with Gasteiger partial charge in [-0.25, -0.2) is 0 Å². The lowest BCUT2D eigenvalue weighted by Gasteiger charge is -2.49.